The van der Waals surface area contributed by atoms with Gasteiger partial charge in [0.05, 0.1) is 12.2 Å². The van der Waals surface area contributed by atoms with Crippen LogP contribution in [-0.2, 0) is 12.8 Å². The Bertz CT molecular complexity index is 712. The van der Waals surface area contributed by atoms with Crippen LogP contribution < -0.4 is 10.1 Å². The van der Waals surface area contributed by atoms with Crippen molar-refractivity contribution in [2.45, 2.75) is 26.7 Å². The maximum Gasteiger partial charge on any atom is 0.167 e. The van der Waals surface area contributed by atoms with E-state index in [0.717, 1.165) is 24.1 Å². The zero-order valence-corrected chi connectivity index (χ0v) is 13.3. The number of benzene rings is 1. The van der Waals surface area contributed by atoms with Gasteiger partial charge in [0.15, 0.2) is 5.82 Å². The summed E-state index contributed by atoms with van der Waals surface area (Å²) in [5, 5.41) is 20.7. The number of hydrogen-bond acceptors (Lipinski definition) is 5. The quantitative estimate of drug-likeness (QED) is 0.795. The summed E-state index contributed by atoms with van der Waals surface area (Å²) >= 11 is 0. The maximum atomic E-state index is 13.0. The molecule has 0 atom stereocenters. The molecule has 0 bridgehead atoms. The van der Waals surface area contributed by atoms with E-state index < -0.39 is 0 Å². The summed E-state index contributed by atoms with van der Waals surface area (Å²) in [6, 6.07) is 8.17. The Kier molecular flexibility index (Phi) is 5.87. The van der Waals surface area contributed by atoms with Crippen molar-refractivity contribution >= 4 is 5.82 Å². The van der Waals surface area contributed by atoms with Crippen LogP contribution in [0.3, 0.4) is 0 Å². The van der Waals surface area contributed by atoms with Crippen LogP contribution in [-0.4, -0.2) is 23.3 Å². The van der Waals surface area contributed by atoms with Gasteiger partial charge in [0, 0.05) is 6.07 Å². The summed E-state index contributed by atoms with van der Waals surface area (Å²) in [6.07, 6.45) is 1.48. The van der Waals surface area contributed by atoms with Gasteiger partial charge >= 0.3 is 0 Å². The topological polar surface area (TPSA) is 70.8 Å². The molecule has 0 saturated carbocycles. The average Bonchev–Trinajstić information content (AvgIpc) is 2.57. The van der Waals surface area contributed by atoms with Crippen molar-refractivity contribution in [3.05, 3.63) is 46.9 Å². The van der Waals surface area contributed by atoms with Crippen LogP contribution in [0.15, 0.2) is 24.3 Å². The normalized spacial score (nSPS) is 10.2. The second-order valence-electron chi connectivity index (χ2n) is 4.90. The SMILES string of the molecule is CCc1nnc(NCCOc2cccc(F)c2)c(C#N)c1CC. The molecule has 0 spiro atoms. The lowest BCUT2D eigenvalue weighted by Crippen LogP contribution is -2.15. The average molecular weight is 314 g/mol. The number of aromatic nitrogens is 2. The minimum atomic E-state index is -0.337. The zero-order valence-electron chi connectivity index (χ0n) is 13.3. The first-order chi connectivity index (χ1) is 11.2. The molecule has 0 aliphatic carbocycles. The van der Waals surface area contributed by atoms with Gasteiger partial charge in [-0.1, -0.05) is 19.9 Å². The van der Waals surface area contributed by atoms with Crippen molar-refractivity contribution in [1.29, 1.82) is 5.26 Å². The number of ether oxygens (including phenoxy) is 1. The molecule has 0 unspecified atom stereocenters. The summed E-state index contributed by atoms with van der Waals surface area (Å²) in [5.74, 6) is 0.592. The number of nitrogens with one attached hydrogen (secondary N) is 1. The van der Waals surface area contributed by atoms with E-state index >= 15 is 0 Å². The summed E-state index contributed by atoms with van der Waals surface area (Å²) in [4.78, 5) is 0. The van der Waals surface area contributed by atoms with Crippen LogP contribution in [0.5, 0.6) is 5.75 Å². The van der Waals surface area contributed by atoms with Gasteiger partial charge in [-0.3, -0.25) is 0 Å². The molecule has 2 rings (SSSR count). The lowest BCUT2D eigenvalue weighted by molar-refractivity contribution is 0.331. The molecule has 0 radical (unpaired) electrons. The summed E-state index contributed by atoms with van der Waals surface area (Å²) < 4.78 is 18.5. The third-order valence-electron chi connectivity index (χ3n) is 3.42. The number of nitriles is 1. The largest absolute Gasteiger partial charge is 0.492 e. The Hall–Kier alpha value is -2.68. The van der Waals surface area contributed by atoms with Gasteiger partial charge in [-0.05, 0) is 30.5 Å². The van der Waals surface area contributed by atoms with E-state index in [1.165, 1.54) is 12.1 Å². The number of aryl methyl sites for hydroxylation is 1. The molecule has 1 N–H and O–H groups in total. The van der Waals surface area contributed by atoms with Crippen LogP contribution >= 0.6 is 0 Å². The molecule has 5 nitrogen and oxygen atoms in total. The maximum absolute atomic E-state index is 13.0. The third kappa shape index (κ3) is 4.16. The second-order valence-corrected chi connectivity index (χ2v) is 4.90. The molecule has 0 saturated heterocycles. The van der Waals surface area contributed by atoms with Crippen molar-refractivity contribution in [2.24, 2.45) is 0 Å². The van der Waals surface area contributed by atoms with E-state index in [4.69, 9.17) is 4.74 Å². The molecular formula is C17H19FN4O. The molecule has 1 heterocycles. The Labute approximate surface area is 135 Å². The zero-order chi connectivity index (χ0) is 16.7. The lowest BCUT2D eigenvalue weighted by atomic mass is 10.0. The van der Waals surface area contributed by atoms with Gasteiger partial charge in [-0.2, -0.15) is 10.4 Å². The van der Waals surface area contributed by atoms with Crippen LogP contribution in [0, 0.1) is 17.1 Å². The molecule has 0 amide bonds. The molecule has 6 heteroatoms. The summed E-state index contributed by atoms with van der Waals surface area (Å²) in [5.41, 5.74) is 2.31. The first kappa shape index (κ1) is 16.7. The van der Waals surface area contributed by atoms with Crippen LogP contribution in [0.1, 0.15) is 30.7 Å². The number of halogens is 1. The van der Waals surface area contributed by atoms with Crippen molar-refractivity contribution in [3.63, 3.8) is 0 Å². The van der Waals surface area contributed by atoms with Crippen LogP contribution in [0.2, 0.25) is 0 Å². The Balaban J connectivity index is 1.99. The highest BCUT2D eigenvalue weighted by atomic mass is 19.1. The van der Waals surface area contributed by atoms with Crippen LogP contribution in [0.25, 0.3) is 0 Å². The van der Waals surface area contributed by atoms with E-state index in [1.54, 1.807) is 12.1 Å². The van der Waals surface area contributed by atoms with E-state index in [0.29, 0.717) is 30.3 Å². The highest BCUT2D eigenvalue weighted by Crippen LogP contribution is 2.19. The minimum absolute atomic E-state index is 0.326. The minimum Gasteiger partial charge on any atom is -0.492 e. The number of rotatable bonds is 7. The molecule has 0 fully saturated rings. The van der Waals surface area contributed by atoms with Crippen molar-refractivity contribution in [2.75, 3.05) is 18.5 Å². The monoisotopic (exact) mass is 314 g/mol. The molecular weight excluding hydrogens is 295 g/mol. The molecule has 0 aliphatic rings. The fourth-order valence-electron chi connectivity index (χ4n) is 2.31. The summed E-state index contributed by atoms with van der Waals surface area (Å²) in [6.45, 7) is 4.75. The highest BCUT2D eigenvalue weighted by molar-refractivity contribution is 5.56. The first-order valence-electron chi connectivity index (χ1n) is 7.60. The van der Waals surface area contributed by atoms with Gasteiger partial charge in [0.25, 0.3) is 0 Å². The second kappa shape index (κ2) is 8.08. The van der Waals surface area contributed by atoms with Gasteiger partial charge in [-0.15, -0.1) is 5.10 Å². The van der Waals surface area contributed by atoms with Crippen LogP contribution in [0.4, 0.5) is 10.2 Å². The van der Waals surface area contributed by atoms with E-state index in [1.807, 2.05) is 13.8 Å². The Morgan fingerprint density at radius 2 is 2.09 bits per heavy atom. The van der Waals surface area contributed by atoms with Crippen molar-refractivity contribution in [1.82, 2.24) is 10.2 Å². The molecule has 1 aromatic carbocycles. The molecule has 2 aromatic rings. The van der Waals surface area contributed by atoms with E-state index in [9.17, 15) is 9.65 Å². The summed E-state index contributed by atoms with van der Waals surface area (Å²) in [7, 11) is 0. The van der Waals surface area contributed by atoms with Gasteiger partial charge in [-0.25, -0.2) is 4.39 Å². The van der Waals surface area contributed by atoms with E-state index in [2.05, 4.69) is 21.6 Å². The van der Waals surface area contributed by atoms with Crippen molar-refractivity contribution in [3.8, 4) is 11.8 Å². The first-order valence-corrected chi connectivity index (χ1v) is 7.60. The predicted molar refractivity (Wildman–Crippen MR) is 85.9 cm³/mol. The third-order valence-corrected chi connectivity index (χ3v) is 3.42. The Morgan fingerprint density at radius 1 is 1.26 bits per heavy atom. The molecule has 23 heavy (non-hydrogen) atoms. The van der Waals surface area contributed by atoms with Crippen molar-refractivity contribution < 1.29 is 9.13 Å². The predicted octanol–water partition coefficient (Wildman–Crippen LogP) is 3.10. The van der Waals surface area contributed by atoms with Gasteiger partial charge in [0.1, 0.15) is 29.8 Å². The number of hydrogen-bond donors (Lipinski definition) is 1. The highest BCUT2D eigenvalue weighted by Gasteiger charge is 2.13. The fraction of sp³-hybridized carbons (Fsp3) is 0.353. The lowest BCUT2D eigenvalue weighted by Gasteiger charge is -2.12. The molecule has 1 aromatic heterocycles. The molecule has 0 aliphatic heterocycles. The smallest absolute Gasteiger partial charge is 0.167 e. The fourth-order valence-corrected chi connectivity index (χ4v) is 2.31. The van der Waals surface area contributed by atoms with E-state index in [-0.39, 0.29) is 5.82 Å². The standard InChI is InChI=1S/C17H19FN4O/c1-3-14-15(11-19)17(22-21-16(14)4-2)20-8-9-23-13-7-5-6-12(18)10-13/h5-7,10H,3-4,8-9H2,1-2H3,(H,20,22). The van der Waals surface area contributed by atoms with Gasteiger partial charge in [0.2, 0.25) is 0 Å². The molecule has 120 valence electrons. The number of anilines is 1. The van der Waals surface area contributed by atoms with Gasteiger partial charge < -0.3 is 10.1 Å². The number of nitrogens with zero attached hydrogens (tertiary/aromatic N) is 3. The Morgan fingerprint density at radius 3 is 2.74 bits per heavy atom.